The summed E-state index contributed by atoms with van der Waals surface area (Å²) in [4.78, 5) is 12.5. The third kappa shape index (κ3) is 3.49. The molecule has 0 bridgehead atoms. The predicted molar refractivity (Wildman–Crippen MR) is 89.0 cm³/mol. The zero-order chi connectivity index (χ0) is 15.6. The van der Waals surface area contributed by atoms with E-state index in [0.717, 1.165) is 5.56 Å². The summed E-state index contributed by atoms with van der Waals surface area (Å²) in [6, 6.07) is 12.2. The second kappa shape index (κ2) is 5.96. The second-order valence-electron chi connectivity index (χ2n) is 5.33. The largest absolute Gasteiger partial charge is 0.399 e. The Balaban J connectivity index is 2.24. The van der Waals surface area contributed by atoms with E-state index in [0.29, 0.717) is 21.4 Å². The highest BCUT2D eigenvalue weighted by Gasteiger charge is 2.30. The summed E-state index contributed by atoms with van der Waals surface area (Å²) in [5.74, 6) is -0.156. The number of hydrogen-bond donors (Lipinski definition) is 2. The first kappa shape index (κ1) is 15.7. The van der Waals surface area contributed by atoms with Crippen LogP contribution >= 0.6 is 23.2 Å². The number of carbonyl (C=O) groups is 1. The van der Waals surface area contributed by atoms with Gasteiger partial charge in [-0.25, -0.2) is 0 Å². The molecule has 3 nitrogen and oxygen atoms in total. The van der Waals surface area contributed by atoms with E-state index < -0.39 is 5.41 Å². The van der Waals surface area contributed by atoms with E-state index in [-0.39, 0.29) is 5.91 Å². The summed E-state index contributed by atoms with van der Waals surface area (Å²) in [5, 5.41) is 3.76. The van der Waals surface area contributed by atoms with Crippen molar-refractivity contribution >= 4 is 40.5 Å². The number of amides is 1. The highest BCUT2D eigenvalue weighted by Crippen LogP contribution is 2.29. The van der Waals surface area contributed by atoms with Crippen molar-refractivity contribution in [1.82, 2.24) is 0 Å². The summed E-state index contributed by atoms with van der Waals surface area (Å²) < 4.78 is 0. The smallest absolute Gasteiger partial charge is 0.234 e. The Hall–Kier alpha value is -1.71. The van der Waals surface area contributed by atoms with Crippen molar-refractivity contribution in [2.75, 3.05) is 11.1 Å². The van der Waals surface area contributed by atoms with Gasteiger partial charge >= 0.3 is 0 Å². The highest BCUT2D eigenvalue weighted by atomic mass is 35.5. The van der Waals surface area contributed by atoms with Gasteiger partial charge in [-0.15, -0.1) is 0 Å². The second-order valence-corrected chi connectivity index (χ2v) is 6.17. The van der Waals surface area contributed by atoms with Crippen molar-refractivity contribution in [2.45, 2.75) is 19.3 Å². The topological polar surface area (TPSA) is 55.1 Å². The Kier molecular flexibility index (Phi) is 4.45. The van der Waals surface area contributed by atoms with Gasteiger partial charge in [0.2, 0.25) is 5.91 Å². The van der Waals surface area contributed by atoms with Crippen LogP contribution in [0.25, 0.3) is 0 Å². The molecule has 21 heavy (non-hydrogen) atoms. The van der Waals surface area contributed by atoms with Crippen LogP contribution in [-0.4, -0.2) is 5.91 Å². The van der Waals surface area contributed by atoms with E-state index in [9.17, 15) is 4.79 Å². The molecule has 0 spiro atoms. The molecule has 3 N–H and O–H groups in total. The van der Waals surface area contributed by atoms with Gasteiger partial charge in [-0.1, -0.05) is 35.3 Å². The molecule has 0 heterocycles. The number of rotatable bonds is 3. The molecule has 0 aliphatic carbocycles. The van der Waals surface area contributed by atoms with Crippen molar-refractivity contribution < 1.29 is 4.79 Å². The van der Waals surface area contributed by atoms with Gasteiger partial charge in [0.25, 0.3) is 0 Å². The number of anilines is 2. The third-order valence-electron chi connectivity index (χ3n) is 3.38. The summed E-state index contributed by atoms with van der Waals surface area (Å²) in [6.07, 6.45) is 0. The minimum absolute atomic E-state index is 0.156. The Morgan fingerprint density at radius 2 is 1.71 bits per heavy atom. The SMILES string of the molecule is CC(C)(C(=O)Nc1ccc(Cl)cc1Cl)c1ccc(N)cc1. The van der Waals surface area contributed by atoms with Crippen LogP contribution in [-0.2, 0) is 10.2 Å². The minimum Gasteiger partial charge on any atom is -0.399 e. The number of nitrogens with one attached hydrogen (secondary N) is 1. The number of nitrogen functional groups attached to an aromatic ring is 1. The Labute approximate surface area is 134 Å². The van der Waals surface area contributed by atoms with Gasteiger partial charge in [0.05, 0.1) is 16.1 Å². The van der Waals surface area contributed by atoms with Gasteiger partial charge < -0.3 is 11.1 Å². The molecule has 5 heteroatoms. The van der Waals surface area contributed by atoms with Crippen LogP contribution in [0.3, 0.4) is 0 Å². The minimum atomic E-state index is -0.712. The molecular formula is C16H16Cl2N2O. The maximum Gasteiger partial charge on any atom is 0.234 e. The lowest BCUT2D eigenvalue weighted by Crippen LogP contribution is -2.34. The van der Waals surface area contributed by atoms with Crippen LogP contribution < -0.4 is 11.1 Å². The van der Waals surface area contributed by atoms with E-state index in [1.54, 1.807) is 30.3 Å². The standard InChI is InChI=1S/C16H16Cl2N2O/c1-16(2,10-3-6-12(19)7-4-10)15(21)20-14-8-5-11(17)9-13(14)18/h3-9H,19H2,1-2H3,(H,20,21). The van der Waals surface area contributed by atoms with Crippen molar-refractivity contribution in [3.63, 3.8) is 0 Å². The van der Waals surface area contributed by atoms with Gasteiger partial charge in [-0.2, -0.15) is 0 Å². The molecule has 2 rings (SSSR count). The zero-order valence-corrected chi connectivity index (χ0v) is 13.3. The molecule has 2 aromatic rings. The van der Waals surface area contributed by atoms with Crippen molar-refractivity contribution in [2.24, 2.45) is 0 Å². The third-order valence-corrected chi connectivity index (χ3v) is 3.93. The highest BCUT2D eigenvalue weighted by molar-refractivity contribution is 6.36. The molecule has 1 amide bonds. The predicted octanol–water partition coefficient (Wildman–Crippen LogP) is 4.49. The van der Waals surface area contributed by atoms with Crippen LogP contribution in [0.4, 0.5) is 11.4 Å². The van der Waals surface area contributed by atoms with Crippen LogP contribution in [0.1, 0.15) is 19.4 Å². The van der Waals surface area contributed by atoms with E-state index in [4.69, 9.17) is 28.9 Å². The lowest BCUT2D eigenvalue weighted by Gasteiger charge is -2.24. The van der Waals surface area contributed by atoms with Crippen molar-refractivity contribution in [3.8, 4) is 0 Å². The Morgan fingerprint density at radius 3 is 2.29 bits per heavy atom. The number of halogens is 2. The van der Waals surface area contributed by atoms with Crippen LogP contribution in [0.2, 0.25) is 10.0 Å². The van der Waals surface area contributed by atoms with Gasteiger partial charge in [-0.3, -0.25) is 4.79 Å². The summed E-state index contributed by atoms with van der Waals surface area (Å²) in [7, 11) is 0. The number of nitrogens with two attached hydrogens (primary N) is 1. The van der Waals surface area contributed by atoms with E-state index in [2.05, 4.69) is 5.32 Å². The number of carbonyl (C=O) groups excluding carboxylic acids is 1. The molecule has 0 fully saturated rings. The molecule has 110 valence electrons. The van der Waals surface area contributed by atoms with Gasteiger partial charge in [-0.05, 0) is 49.7 Å². The van der Waals surface area contributed by atoms with Crippen LogP contribution in [0.5, 0.6) is 0 Å². The number of benzene rings is 2. The van der Waals surface area contributed by atoms with Gasteiger partial charge in [0.1, 0.15) is 0 Å². The maximum absolute atomic E-state index is 12.5. The quantitative estimate of drug-likeness (QED) is 0.818. The molecular weight excluding hydrogens is 307 g/mol. The molecule has 0 saturated heterocycles. The summed E-state index contributed by atoms with van der Waals surface area (Å²) in [6.45, 7) is 3.69. The molecule has 0 unspecified atom stereocenters. The molecule has 0 aliphatic rings. The van der Waals surface area contributed by atoms with Crippen LogP contribution in [0, 0.1) is 0 Å². The molecule has 0 aromatic heterocycles. The summed E-state index contributed by atoms with van der Waals surface area (Å²) in [5.41, 5.74) is 7.04. The average Bonchev–Trinajstić information content (AvgIpc) is 2.42. The lowest BCUT2D eigenvalue weighted by molar-refractivity contribution is -0.120. The fourth-order valence-corrected chi connectivity index (χ4v) is 2.36. The lowest BCUT2D eigenvalue weighted by atomic mass is 9.83. The first-order valence-electron chi connectivity index (χ1n) is 6.43. The fraction of sp³-hybridized carbons (Fsp3) is 0.188. The molecule has 0 radical (unpaired) electrons. The average molecular weight is 323 g/mol. The first-order valence-corrected chi connectivity index (χ1v) is 7.19. The first-order chi connectivity index (χ1) is 9.80. The Morgan fingerprint density at radius 1 is 1.10 bits per heavy atom. The monoisotopic (exact) mass is 322 g/mol. The van der Waals surface area contributed by atoms with Gasteiger partial charge in [0, 0.05) is 10.7 Å². The van der Waals surface area contributed by atoms with Crippen molar-refractivity contribution in [3.05, 3.63) is 58.1 Å². The molecule has 2 aromatic carbocycles. The normalized spacial score (nSPS) is 11.2. The van der Waals surface area contributed by atoms with E-state index in [1.165, 1.54) is 0 Å². The summed E-state index contributed by atoms with van der Waals surface area (Å²) >= 11 is 11.9. The van der Waals surface area contributed by atoms with E-state index >= 15 is 0 Å². The van der Waals surface area contributed by atoms with E-state index in [1.807, 2.05) is 26.0 Å². The molecule has 0 aliphatic heterocycles. The van der Waals surface area contributed by atoms with Crippen LogP contribution in [0.15, 0.2) is 42.5 Å². The van der Waals surface area contributed by atoms with Crippen molar-refractivity contribution in [1.29, 1.82) is 0 Å². The maximum atomic E-state index is 12.5. The van der Waals surface area contributed by atoms with Gasteiger partial charge in [0.15, 0.2) is 0 Å². The molecule has 0 saturated carbocycles. The molecule has 0 atom stereocenters. The Bertz CT molecular complexity index is 666. The fourth-order valence-electron chi connectivity index (χ4n) is 1.90. The zero-order valence-electron chi connectivity index (χ0n) is 11.8. The number of hydrogen-bond acceptors (Lipinski definition) is 2.